The van der Waals surface area contributed by atoms with Crippen LogP contribution in [0.15, 0.2) is 24.3 Å². The van der Waals surface area contributed by atoms with E-state index in [0.717, 1.165) is 17.0 Å². The number of hydrogen-bond donors (Lipinski definition) is 2. The first kappa shape index (κ1) is 17.5. The van der Waals surface area contributed by atoms with Gasteiger partial charge in [0.1, 0.15) is 0 Å². The summed E-state index contributed by atoms with van der Waals surface area (Å²) in [6.07, 6.45) is 1.08. The molecule has 1 atom stereocenters. The normalized spacial score (nSPS) is 18.7. The number of aromatic amines is 1. The Hall–Kier alpha value is -1.93. The monoisotopic (exact) mass is 366 g/mol. The van der Waals surface area contributed by atoms with Crippen molar-refractivity contribution < 1.29 is 0 Å². The standard InChI is InChI=1S/C23H27ClN2/c1-12-10-18(17-9-7-8-16-14(3)15(4)25-22(16)17)20(24)19-13(2)11-23(5,6)26-21(12)19/h7-10,13,25-26H,11H2,1-6H3. The molecule has 0 spiro atoms. The Kier molecular flexibility index (Phi) is 3.89. The molecular weight excluding hydrogens is 340 g/mol. The number of hydrogen-bond acceptors (Lipinski definition) is 1. The number of aromatic nitrogens is 1. The van der Waals surface area contributed by atoms with Crippen LogP contribution in [0, 0.1) is 20.8 Å². The zero-order chi connectivity index (χ0) is 18.8. The number of benzene rings is 2. The fraction of sp³-hybridized carbons (Fsp3) is 0.391. The van der Waals surface area contributed by atoms with Gasteiger partial charge in [-0.1, -0.05) is 36.7 Å². The van der Waals surface area contributed by atoms with Crippen LogP contribution in [0.4, 0.5) is 5.69 Å². The maximum Gasteiger partial charge on any atom is 0.0540 e. The van der Waals surface area contributed by atoms with Crippen molar-refractivity contribution in [2.24, 2.45) is 0 Å². The first-order chi connectivity index (χ1) is 12.2. The van der Waals surface area contributed by atoms with Crippen LogP contribution >= 0.6 is 11.6 Å². The van der Waals surface area contributed by atoms with E-state index < -0.39 is 0 Å². The van der Waals surface area contributed by atoms with E-state index in [2.05, 4.69) is 76.1 Å². The van der Waals surface area contributed by atoms with Crippen molar-refractivity contribution in [1.82, 2.24) is 4.98 Å². The van der Waals surface area contributed by atoms with Crippen LogP contribution in [0.5, 0.6) is 0 Å². The van der Waals surface area contributed by atoms with Crippen LogP contribution in [0.1, 0.15) is 55.5 Å². The van der Waals surface area contributed by atoms with Crippen LogP contribution in [0.3, 0.4) is 0 Å². The fourth-order valence-electron chi connectivity index (χ4n) is 4.61. The van der Waals surface area contributed by atoms with Gasteiger partial charge in [-0.2, -0.15) is 0 Å². The Morgan fingerprint density at radius 2 is 1.85 bits per heavy atom. The third-order valence-electron chi connectivity index (χ3n) is 5.90. The lowest BCUT2D eigenvalue weighted by Gasteiger charge is -2.39. The maximum absolute atomic E-state index is 7.01. The zero-order valence-corrected chi connectivity index (χ0v) is 17.2. The van der Waals surface area contributed by atoms with Crippen molar-refractivity contribution in [2.45, 2.75) is 59.4 Å². The fourth-order valence-corrected chi connectivity index (χ4v) is 5.05. The molecule has 1 aromatic heterocycles. The number of fused-ring (bicyclic) bond motifs is 2. The van der Waals surface area contributed by atoms with Crippen molar-refractivity contribution in [3.05, 3.63) is 51.7 Å². The molecule has 0 saturated carbocycles. The van der Waals surface area contributed by atoms with Crippen LogP contribution in [-0.2, 0) is 0 Å². The van der Waals surface area contributed by atoms with Gasteiger partial charge in [0.25, 0.3) is 0 Å². The van der Waals surface area contributed by atoms with E-state index in [-0.39, 0.29) is 5.54 Å². The lowest BCUT2D eigenvalue weighted by molar-refractivity contribution is 0.454. The molecule has 136 valence electrons. The lowest BCUT2D eigenvalue weighted by atomic mass is 9.79. The molecule has 4 rings (SSSR count). The third-order valence-corrected chi connectivity index (χ3v) is 6.31. The molecule has 0 amide bonds. The van der Waals surface area contributed by atoms with Gasteiger partial charge in [0.15, 0.2) is 0 Å². The predicted molar refractivity (Wildman–Crippen MR) is 114 cm³/mol. The molecule has 1 aliphatic heterocycles. The average molecular weight is 367 g/mol. The highest BCUT2D eigenvalue weighted by molar-refractivity contribution is 6.35. The summed E-state index contributed by atoms with van der Waals surface area (Å²) in [7, 11) is 0. The van der Waals surface area contributed by atoms with Gasteiger partial charge in [0.05, 0.1) is 10.5 Å². The molecular formula is C23H27ClN2. The van der Waals surface area contributed by atoms with E-state index in [0.29, 0.717) is 5.92 Å². The van der Waals surface area contributed by atoms with Gasteiger partial charge >= 0.3 is 0 Å². The zero-order valence-electron chi connectivity index (χ0n) is 16.5. The van der Waals surface area contributed by atoms with Gasteiger partial charge in [0, 0.05) is 33.4 Å². The Morgan fingerprint density at radius 1 is 1.12 bits per heavy atom. The highest BCUT2D eigenvalue weighted by atomic mass is 35.5. The quantitative estimate of drug-likeness (QED) is 0.471. The second-order valence-corrected chi connectivity index (χ2v) is 8.94. The minimum absolute atomic E-state index is 0.0930. The van der Waals surface area contributed by atoms with E-state index >= 15 is 0 Å². The van der Waals surface area contributed by atoms with E-state index in [1.807, 2.05) is 0 Å². The summed E-state index contributed by atoms with van der Waals surface area (Å²) in [4.78, 5) is 3.57. The van der Waals surface area contributed by atoms with Crippen molar-refractivity contribution in [3.8, 4) is 11.1 Å². The number of nitrogens with one attached hydrogen (secondary N) is 2. The Labute approximate surface area is 161 Å². The van der Waals surface area contributed by atoms with Crippen molar-refractivity contribution in [2.75, 3.05) is 5.32 Å². The topological polar surface area (TPSA) is 27.8 Å². The van der Waals surface area contributed by atoms with Crippen molar-refractivity contribution in [3.63, 3.8) is 0 Å². The van der Waals surface area contributed by atoms with Gasteiger partial charge in [-0.3, -0.25) is 0 Å². The first-order valence-electron chi connectivity index (χ1n) is 9.39. The molecule has 0 aliphatic carbocycles. The third kappa shape index (κ3) is 2.54. The number of H-pyrrole nitrogens is 1. The van der Waals surface area contributed by atoms with Gasteiger partial charge in [-0.05, 0) is 69.7 Å². The second kappa shape index (κ2) is 5.79. The van der Waals surface area contributed by atoms with Crippen molar-refractivity contribution in [1.29, 1.82) is 0 Å². The highest BCUT2D eigenvalue weighted by Gasteiger charge is 2.33. The molecule has 26 heavy (non-hydrogen) atoms. The molecule has 3 heteroatoms. The molecule has 2 heterocycles. The van der Waals surface area contributed by atoms with E-state index in [1.165, 1.54) is 44.5 Å². The number of para-hydroxylation sites is 1. The summed E-state index contributed by atoms with van der Waals surface area (Å²) in [5.41, 5.74) is 9.85. The molecule has 0 saturated heterocycles. The Balaban J connectivity index is 2.00. The van der Waals surface area contributed by atoms with Crippen molar-refractivity contribution >= 4 is 28.2 Å². The number of aryl methyl sites for hydroxylation is 3. The summed E-state index contributed by atoms with van der Waals surface area (Å²) in [6.45, 7) is 13.3. The van der Waals surface area contributed by atoms with Gasteiger partial charge in [-0.25, -0.2) is 0 Å². The average Bonchev–Trinajstić information content (AvgIpc) is 2.84. The summed E-state index contributed by atoms with van der Waals surface area (Å²) >= 11 is 7.01. The number of rotatable bonds is 1. The molecule has 2 N–H and O–H groups in total. The molecule has 2 nitrogen and oxygen atoms in total. The van der Waals surface area contributed by atoms with Gasteiger partial charge in [-0.15, -0.1) is 0 Å². The molecule has 1 unspecified atom stereocenters. The molecule has 3 aromatic rings. The summed E-state index contributed by atoms with van der Waals surface area (Å²) in [5, 5.41) is 5.88. The predicted octanol–water partition coefficient (Wildman–Crippen LogP) is 7.11. The summed E-state index contributed by atoms with van der Waals surface area (Å²) < 4.78 is 0. The maximum atomic E-state index is 7.01. The van der Waals surface area contributed by atoms with E-state index in [1.54, 1.807) is 0 Å². The number of halogens is 1. The minimum Gasteiger partial charge on any atom is -0.380 e. The second-order valence-electron chi connectivity index (χ2n) is 8.56. The number of anilines is 1. The Morgan fingerprint density at radius 3 is 2.58 bits per heavy atom. The highest BCUT2D eigenvalue weighted by Crippen LogP contribution is 2.48. The first-order valence-corrected chi connectivity index (χ1v) is 9.77. The summed E-state index contributed by atoms with van der Waals surface area (Å²) in [5.74, 6) is 0.429. The van der Waals surface area contributed by atoms with Crippen LogP contribution in [0.25, 0.3) is 22.0 Å². The minimum atomic E-state index is 0.0930. The van der Waals surface area contributed by atoms with E-state index in [4.69, 9.17) is 11.6 Å². The largest absolute Gasteiger partial charge is 0.380 e. The molecule has 2 aromatic carbocycles. The summed E-state index contributed by atoms with van der Waals surface area (Å²) in [6, 6.07) is 8.73. The van der Waals surface area contributed by atoms with Crippen LogP contribution in [-0.4, -0.2) is 10.5 Å². The van der Waals surface area contributed by atoms with Crippen LogP contribution in [0.2, 0.25) is 5.02 Å². The Bertz CT molecular complexity index is 1030. The SMILES string of the molecule is Cc1cc(-c2cccc3c(C)c(C)[nH]c23)c(Cl)c2c1NC(C)(C)CC2C. The van der Waals surface area contributed by atoms with Crippen LogP contribution < -0.4 is 5.32 Å². The molecule has 1 aliphatic rings. The molecule has 0 radical (unpaired) electrons. The van der Waals surface area contributed by atoms with Gasteiger partial charge < -0.3 is 10.3 Å². The molecule has 0 bridgehead atoms. The van der Waals surface area contributed by atoms with E-state index in [9.17, 15) is 0 Å². The lowest BCUT2D eigenvalue weighted by Crippen LogP contribution is -2.37. The van der Waals surface area contributed by atoms with Gasteiger partial charge in [0.2, 0.25) is 0 Å². The smallest absolute Gasteiger partial charge is 0.0540 e. The molecule has 0 fully saturated rings.